The summed E-state index contributed by atoms with van der Waals surface area (Å²) in [6, 6.07) is 0. The minimum Gasteiger partial charge on any atom is -0.369 e. The minimum atomic E-state index is -0.260. The summed E-state index contributed by atoms with van der Waals surface area (Å²) in [6.07, 6.45) is 1.74. The lowest BCUT2D eigenvalue weighted by molar-refractivity contribution is -0.121. The molecule has 0 aliphatic carbocycles. The van der Waals surface area contributed by atoms with Crippen LogP contribution in [0.25, 0.3) is 0 Å². The topological polar surface area (TPSA) is 100 Å². The lowest BCUT2D eigenvalue weighted by Gasteiger charge is -2.19. The number of nitrogens with one attached hydrogen (secondary N) is 1. The van der Waals surface area contributed by atoms with E-state index in [0.717, 1.165) is 25.9 Å². The van der Waals surface area contributed by atoms with Gasteiger partial charge in [0.2, 0.25) is 23.8 Å². The van der Waals surface area contributed by atoms with Gasteiger partial charge in [-0.25, -0.2) is 0 Å². The molecule has 8 heteroatoms. The van der Waals surface area contributed by atoms with Crippen LogP contribution in [0.1, 0.15) is 19.8 Å². The van der Waals surface area contributed by atoms with Crippen LogP contribution in [-0.4, -0.2) is 54.6 Å². The number of amides is 1. The molecule has 1 amide bonds. The summed E-state index contributed by atoms with van der Waals surface area (Å²) in [5.74, 6) is 1.37. The van der Waals surface area contributed by atoms with Gasteiger partial charge >= 0.3 is 0 Å². The maximum Gasteiger partial charge on any atom is 0.231 e. The molecule has 0 saturated carbocycles. The molecule has 116 valence electrons. The molecule has 2 heterocycles. The van der Waals surface area contributed by atoms with Crippen molar-refractivity contribution in [3.8, 4) is 0 Å². The largest absolute Gasteiger partial charge is 0.369 e. The third-order valence-corrected chi connectivity index (χ3v) is 3.42. The zero-order chi connectivity index (χ0) is 15.4. The first-order valence-corrected chi connectivity index (χ1v) is 7.22. The minimum absolute atomic E-state index is 0.128. The molecule has 1 saturated heterocycles. The average molecular weight is 293 g/mol. The smallest absolute Gasteiger partial charge is 0.231 e. The Hall–Kier alpha value is -2.12. The maximum atomic E-state index is 11.3. The Morgan fingerprint density at radius 3 is 2.76 bits per heavy atom. The van der Waals surface area contributed by atoms with E-state index in [1.165, 1.54) is 0 Å². The quantitative estimate of drug-likeness (QED) is 0.765. The number of nitrogens with two attached hydrogens (primary N) is 1. The summed E-state index contributed by atoms with van der Waals surface area (Å²) in [6.45, 7) is 4.19. The predicted molar refractivity (Wildman–Crippen MR) is 82.4 cm³/mol. The van der Waals surface area contributed by atoms with Crippen LogP contribution in [0.5, 0.6) is 0 Å². The van der Waals surface area contributed by atoms with E-state index in [4.69, 9.17) is 5.73 Å². The molecule has 1 unspecified atom stereocenters. The lowest BCUT2D eigenvalue weighted by Crippen LogP contribution is -2.29. The zero-order valence-corrected chi connectivity index (χ0v) is 12.8. The fourth-order valence-electron chi connectivity index (χ4n) is 2.19. The van der Waals surface area contributed by atoms with E-state index < -0.39 is 0 Å². The SMILES string of the molecule is CCCNc1nc(N(C)C)nc(N2CCC(C(N)=O)C2)n1. The van der Waals surface area contributed by atoms with Crippen LogP contribution < -0.4 is 20.9 Å². The van der Waals surface area contributed by atoms with E-state index >= 15 is 0 Å². The summed E-state index contributed by atoms with van der Waals surface area (Å²) < 4.78 is 0. The Morgan fingerprint density at radius 1 is 1.43 bits per heavy atom. The molecule has 0 radical (unpaired) electrons. The van der Waals surface area contributed by atoms with Crippen LogP contribution in [0.4, 0.5) is 17.8 Å². The first-order valence-electron chi connectivity index (χ1n) is 7.22. The summed E-state index contributed by atoms with van der Waals surface area (Å²) in [5.41, 5.74) is 5.37. The summed E-state index contributed by atoms with van der Waals surface area (Å²) in [5, 5.41) is 3.18. The molecular formula is C13H23N7O. The van der Waals surface area contributed by atoms with E-state index in [9.17, 15) is 4.79 Å². The summed E-state index contributed by atoms with van der Waals surface area (Å²) in [7, 11) is 3.78. The molecule has 1 aliphatic rings. The van der Waals surface area contributed by atoms with Gasteiger partial charge in [0, 0.05) is 33.7 Å². The zero-order valence-electron chi connectivity index (χ0n) is 12.8. The number of hydrogen-bond acceptors (Lipinski definition) is 7. The van der Waals surface area contributed by atoms with Crippen molar-refractivity contribution in [2.75, 3.05) is 48.8 Å². The number of anilines is 3. The van der Waals surface area contributed by atoms with Crippen LogP contribution in [0, 0.1) is 5.92 Å². The summed E-state index contributed by atoms with van der Waals surface area (Å²) >= 11 is 0. The van der Waals surface area contributed by atoms with Gasteiger partial charge in [-0.2, -0.15) is 15.0 Å². The van der Waals surface area contributed by atoms with Gasteiger partial charge in [-0.05, 0) is 12.8 Å². The van der Waals surface area contributed by atoms with Crippen LogP contribution in [0.3, 0.4) is 0 Å². The van der Waals surface area contributed by atoms with Crippen molar-refractivity contribution >= 4 is 23.8 Å². The maximum absolute atomic E-state index is 11.3. The van der Waals surface area contributed by atoms with E-state index in [1.807, 2.05) is 23.9 Å². The molecule has 1 aliphatic heterocycles. The second-order valence-electron chi connectivity index (χ2n) is 5.41. The monoisotopic (exact) mass is 293 g/mol. The van der Waals surface area contributed by atoms with Crippen LogP contribution >= 0.6 is 0 Å². The Labute approximate surface area is 124 Å². The van der Waals surface area contributed by atoms with Gasteiger partial charge < -0.3 is 20.9 Å². The highest BCUT2D eigenvalue weighted by atomic mass is 16.1. The van der Waals surface area contributed by atoms with Gasteiger partial charge in [-0.15, -0.1) is 0 Å². The molecule has 0 bridgehead atoms. The molecule has 8 nitrogen and oxygen atoms in total. The number of rotatable bonds is 6. The predicted octanol–water partition coefficient (Wildman–Crippen LogP) is 0.0711. The van der Waals surface area contributed by atoms with Crippen molar-refractivity contribution in [2.45, 2.75) is 19.8 Å². The van der Waals surface area contributed by atoms with Crippen LogP contribution in [-0.2, 0) is 4.79 Å². The second kappa shape index (κ2) is 6.55. The Morgan fingerprint density at radius 2 is 2.19 bits per heavy atom. The van der Waals surface area contributed by atoms with Gasteiger partial charge in [-0.3, -0.25) is 4.79 Å². The van der Waals surface area contributed by atoms with E-state index in [0.29, 0.717) is 24.4 Å². The van der Waals surface area contributed by atoms with Crippen LogP contribution in [0.2, 0.25) is 0 Å². The van der Waals surface area contributed by atoms with Crippen molar-refractivity contribution in [1.29, 1.82) is 0 Å². The van der Waals surface area contributed by atoms with Crippen molar-refractivity contribution in [3.05, 3.63) is 0 Å². The molecule has 1 aromatic rings. The highest BCUT2D eigenvalue weighted by Gasteiger charge is 2.28. The standard InChI is InChI=1S/C13H23N7O/c1-4-6-15-11-16-12(19(2)3)18-13(17-11)20-7-5-9(8-20)10(14)21/h9H,4-8H2,1-3H3,(H2,14,21)(H,15,16,17,18). The molecule has 1 atom stereocenters. The first kappa shape index (κ1) is 15.3. The van der Waals surface area contributed by atoms with Gasteiger partial charge in [-0.1, -0.05) is 6.92 Å². The Balaban J connectivity index is 2.21. The van der Waals surface area contributed by atoms with Crippen molar-refractivity contribution < 1.29 is 4.79 Å². The molecular weight excluding hydrogens is 270 g/mol. The van der Waals surface area contributed by atoms with E-state index in [2.05, 4.69) is 27.2 Å². The molecule has 1 fully saturated rings. The number of nitrogens with zero attached hydrogens (tertiary/aromatic N) is 5. The Kier molecular flexibility index (Phi) is 4.77. The molecule has 3 N–H and O–H groups in total. The molecule has 2 rings (SSSR count). The van der Waals surface area contributed by atoms with Gasteiger partial charge in [0.25, 0.3) is 0 Å². The van der Waals surface area contributed by atoms with E-state index in [-0.39, 0.29) is 11.8 Å². The van der Waals surface area contributed by atoms with E-state index in [1.54, 1.807) is 0 Å². The van der Waals surface area contributed by atoms with Crippen molar-refractivity contribution in [3.63, 3.8) is 0 Å². The second-order valence-corrected chi connectivity index (χ2v) is 5.41. The Bertz CT molecular complexity index is 505. The number of carbonyl (C=O) groups is 1. The fourth-order valence-corrected chi connectivity index (χ4v) is 2.19. The van der Waals surface area contributed by atoms with Crippen molar-refractivity contribution in [1.82, 2.24) is 15.0 Å². The lowest BCUT2D eigenvalue weighted by atomic mass is 10.1. The van der Waals surface area contributed by atoms with Gasteiger partial charge in [0.1, 0.15) is 0 Å². The van der Waals surface area contributed by atoms with Gasteiger partial charge in [0.05, 0.1) is 5.92 Å². The molecule has 0 aromatic carbocycles. The molecule has 21 heavy (non-hydrogen) atoms. The third-order valence-electron chi connectivity index (χ3n) is 3.42. The fraction of sp³-hybridized carbons (Fsp3) is 0.692. The first-order chi connectivity index (χ1) is 10.0. The number of hydrogen-bond donors (Lipinski definition) is 2. The highest BCUT2D eigenvalue weighted by molar-refractivity contribution is 5.78. The number of aromatic nitrogens is 3. The average Bonchev–Trinajstić information content (AvgIpc) is 2.94. The van der Waals surface area contributed by atoms with Gasteiger partial charge in [0.15, 0.2) is 0 Å². The number of primary amides is 1. The number of carbonyl (C=O) groups excluding carboxylic acids is 1. The van der Waals surface area contributed by atoms with Crippen LogP contribution in [0.15, 0.2) is 0 Å². The molecule has 1 aromatic heterocycles. The van der Waals surface area contributed by atoms with Crippen molar-refractivity contribution in [2.24, 2.45) is 11.7 Å². The third kappa shape index (κ3) is 3.71. The highest BCUT2D eigenvalue weighted by Crippen LogP contribution is 2.22. The normalized spacial score (nSPS) is 17.9. The molecule has 0 spiro atoms. The summed E-state index contributed by atoms with van der Waals surface area (Å²) in [4.78, 5) is 28.4.